The van der Waals surface area contributed by atoms with Gasteiger partial charge in [-0.15, -0.1) is 0 Å². The van der Waals surface area contributed by atoms with Crippen molar-refractivity contribution in [2.45, 2.75) is 0 Å². The van der Waals surface area contributed by atoms with Crippen molar-refractivity contribution in [2.75, 3.05) is 7.05 Å². The molecule has 0 aliphatic heterocycles. The molecule has 2 N–H and O–H groups in total. The fourth-order valence-corrected chi connectivity index (χ4v) is 2.10. The van der Waals surface area contributed by atoms with Gasteiger partial charge in [0, 0.05) is 35.1 Å². The summed E-state index contributed by atoms with van der Waals surface area (Å²) in [5, 5.41) is 4.55. The summed E-state index contributed by atoms with van der Waals surface area (Å²) < 4.78 is 0. The molecule has 2 aromatic heterocycles. The third kappa shape index (κ3) is 1.38. The first-order chi connectivity index (χ1) is 8.31. The van der Waals surface area contributed by atoms with E-state index in [9.17, 15) is 4.79 Å². The lowest BCUT2D eigenvalue weighted by Gasteiger charge is -2.01. The van der Waals surface area contributed by atoms with Crippen LogP contribution in [0.3, 0.4) is 0 Å². The molecule has 0 unspecified atom stereocenters. The summed E-state index contributed by atoms with van der Waals surface area (Å²) in [4.78, 5) is 19.3. The van der Waals surface area contributed by atoms with Gasteiger partial charge in [-0.1, -0.05) is 6.07 Å². The second-order valence-electron chi connectivity index (χ2n) is 3.83. The molecule has 2 heterocycles. The van der Waals surface area contributed by atoms with Crippen LogP contribution in [0.5, 0.6) is 0 Å². The summed E-state index contributed by atoms with van der Waals surface area (Å²) in [6.45, 7) is 0. The first-order valence-electron chi connectivity index (χ1n) is 5.39. The third-order valence-corrected chi connectivity index (χ3v) is 2.87. The Morgan fingerprint density at radius 2 is 2.18 bits per heavy atom. The van der Waals surface area contributed by atoms with Crippen LogP contribution in [0, 0.1) is 0 Å². The van der Waals surface area contributed by atoms with E-state index in [0.717, 1.165) is 21.9 Å². The SMILES string of the molecule is CNC(=O)c1cccc2[nH]c3ncccc3c12. The number of fused-ring (bicyclic) bond motifs is 3. The second kappa shape index (κ2) is 3.59. The van der Waals surface area contributed by atoms with Crippen LogP contribution in [0.2, 0.25) is 0 Å². The lowest BCUT2D eigenvalue weighted by Crippen LogP contribution is -2.17. The molecule has 0 aliphatic rings. The standard InChI is InChI=1S/C13H11N3O/c1-14-13(17)9-4-2-6-10-11(9)8-5-3-7-15-12(8)16-10/h2-7H,1H3,(H,14,17)(H,15,16). The van der Waals surface area contributed by atoms with Gasteiger partial charge >= 0.3 is 0 Å². The normalized spacial score (nSPS) is 10.9. The van der Waals surface area contributed by atoms with Gasteiger partial charge in [0.1, 0.15) is 5.65 Å². The van der Waals surface area contributed by atoms with Crippen LogP contribution >= 0.6 is 0 Å². The number of H-pyrrole nitrogens is 1. The van der Waals surface area contributed by atoms with E-state index in [1.54, 1.807) is 13.2 Å². The highest BCUT2D eigenvalue weighted by Crippen LogP contribution is 2.26. The van der Waals surface area contributed by atoms with Gasteiger partial charge < -0.3 is 10.3 Å². The van der Waals surface area contributed by atoms with E-state index in [-0.39, 0.29) is 5.91 Å². The molecule has 0 bridgehead atoms. The van der Waals surface area contributed by atoms with Gasteiger partial charge in [0.25, 0.3) is 5.91 Å². The van der Waals surface area contributed by atoms with Crippen LogP contribution in [0.25, 0.3) is 21.9 Å². The zero-order valence-corrected chi connectivity index (χ0v) is 9.32. The number of pyridine rings is 1. The second-order valence-corrected chi connectivity index (χ2v) is 3.83. The van der Waals surface area contributed by atoms with E-state index >= 15 is 0 Å². The van der Waals surface area contributed by atoms with Gasteiger partial charge in [0.2, 0.25) is 0 Å². The topological polar surface area (TPSA) is 57.8 Å². The van der Waals surface area contributed by atoms with Gasteiger partial charge in [0.05, 0.1) is 0 Å². The van der Waals surface area contributed by atoms with E-state index in [1.165, 1.54) is 0 Å². The number of amides is 1. The zero-order chi connectivity index (χ0) is 11.8. The van der Waals surface area contributed by atoms with Gasteiger partial charge in [-0.2, -0.15) is 0 Å². The van der Waals surface area contributed by atoms with Crippen molar-refractivity contribution in [2.24, 2.45) is 0 Å². The minimum Gasteiger partial charge on any atom is -0.355 e. The fraction of sp³-hybridized carbons (Fsp3) is 0.0769. The van der Waals surface area contributed by atoms with Crippen LogP contribution in [-0.2, 0) is 0 Å². The van der Waals surface area contributed by atoms with Crippen molar-refractivity contribution in [3.63, 3.8) is 0 Å². The Kier molecular flexibility index (Phi) is 2.08. The van der Waals surface area contributed by atoms with Crippen LogP contribution < -0.4 is 5.32 Å². The van der Waals surface area contributed by atoms with Gasteiger partial charge in [0.15, 0.2) is 0 Å². The molecule has 0 aliphatic carbocycles. The highest BCUT2D eigenvalue weighted by Gasteiger charge is 2.13. The molecule has 1 aromatic carbocycles. The van der Waals surface area contributed by atoms with Crippen molar-refractivity contribution in [1.82, 2.24) is 15.3 Å². The number of hydrogen-bond acceptors (Lipinski definition) is 2. The zero-order valence-electron chi connectivity index (χ0n) is 9.32. The maximum absolute atomic E-state index is 11.8. The molecule has 1 amide bonds. The van der Waals surface area contributed by atoms with E-state index in [2.05, 4.69) is 15.3 Å². The highest BCUT2D eigenvalue weighted by molar-refractivity contribution is 6.16. The number of hydrogen-bond donors (Lipinski definition) is 2. The Bertz CT molecular complexity index is 715. The van der Waals surface area contributed by atoms with Gasteiger partial charge in [-0.05, 0) is 24.3 Å². The molecule has 17 heavy (non-hydrogen) atoms. The molecular weight excluding hydrogens is 214 g/mol. The number of nitrogens with one attached hydrogen (secondary N) is 2. The average molecular weight is 225 g/mol. The van der Waals surface area contributed by atoms with Crippen LogP contribution in [0.15, 0.2) is 36.5 Å². The van der Waals surface area contributed by atoms with Crippen molar-refractivity contribution in [3.8, 4) is 0 Å². The molecule has 0 saturated heterocycles. The number of nitrogens with zero attached hydrogens (tertiary/aromatic N) is 1. The Morgan fingerprint density at radius 1 is 1.29 bits per heavy atom. The molecule has 0 spiro atoms. The summed E-state index contributed by atoms with van der Waals surface area (Å²) in [6, 6.07) is 9.47. The molecule has 4 heteroatoms. The maximum atomic E-state index is 11.8. The lowest BCUT2D eigenvalue weighted by atomic mass is 10.1. The Morgan fingerprint density at radius 3 is 3.00 bits per heavy atom. The van der Waals surface area contributed by atoms with E-state index in [4.69, 9.17) is 0 Å². The molecule has 0 fully saturated rings. The number of aromatic amines is 1. The largest absolute Gasteiger partial charge is 0.355 e. The molecule has 3 rings (SSSR count). The Balaban J connectivity index is 2.47. The monoisotopic (exact) mass is 225 g/mol. The maximum Gasteiger partial charge on any atom is 0.251 e. The number of carbonyl (C=O) groups is 1. The predicted molar refractivity (Wildman–Crippen MR) is 67.0 cm³/mol. The van der Waals surface area contributed by atoms with Gasteiger partial charge in [-0.25, -0.2) is 4.98 Å². The number of carbonyl (C=O) groups excluding carboxylic acids is 1. The minimum absolute atomic E-state index is 0.0830. The summed E-state index contributed by atoms with van der Waals surface area (Å²) in [5.74, 6) is -0.0830. The summed E-state index contributed by atoms with van der Waals surface area (Å²) in [5.41, 5.74) is 2.41. The number of aromatic nitrogens is 2. The first kappa shape index (κ1) is 9.84. The molecule has 0 saturated carbocycles. The quantitative estimate of drug-likeness (QED) is 0.666. The van der Waals surface area contributed by atoms with Crippen molar-refractivity contribution < 1.29 is 4.79 Å². The molecular formula is C13H11N3O. The average Bonchev–Trinajstić information content (AvgIpc) is 2.76. The Hall–Kier alpha value is -2.36. The molecule has 0 radical (unpaired) electrons. The highest BCUT2D eigenvalue weighted by atomic mass is 16.1. The summed E-state index contributed by atoms with van der Waals surface area (Å²) in [7, 11) is 1.63. The summed E-state index contributed by atoms with van der Waals surface area (Å²) >= 11 is 0. The molecule has 84 valence electrons. The van der Waals surface area contributed by atoms with Crippen molar-refractivity contribution in [3.05, 3.63) is 42.1 Å². The lowest BCUT2D eigenvalue weighted by molar-refractivity contribution is 0.0965. The van der Waals surface area contributed by atoms with E-state index < -0.39 is 0 Å². The Labute approximate surface area is 97.7 Å². The van der Waals surface area contributed by atoms with Crippen molar-refractivity contribution >= 4 is 27.8 Å². The van der Waals surface area contributed by atoms with Crippen LogP contribution in [0.4, 0.5) is 0 Å². The predicted octanol–water partition coefficient (Wildman–Crippen LogP) is 2.08. The number of rotatable bonds is 1. The summed E-state index contributed by atoms with van der Waals surface area (Å²) in [6.07, 6.45) is 1.73. The first-order valence-corrected chi connectivity index (χ1v) is 5.39. The minimum atomic E-state index is -0.0830. The van der Waals surface area contributed by atoms with Crippen LogP contribution in [-0.4, -0.2) is 22.9 Å². The molecule has 3 aromatic rings. The van der Waals surface area contributed by atoms with Crippen LogP contribution in [0.1, 0.15) is 10.4 Å². The van der Waals surface area contributed by atoms with Crippen molar-refractivity contribution in [1.29, 1.82) is 0 Å². The number of benzene rings is 1. The smallest absolute Gasteiger partial charge is 0.251 e. The molecule has 0 atom stereocenters. The van der Waals surface area contributed by atoms with Gasteiger partial charge in [-0.3, -0.25) is 4.79 Å². The third-order valence-electron chi connectivity index (χ3n) is 2.87. The molecule has 4 nitrogen and oxygen atoms in total. The van der Waals surface area contributed by atoms with E-state index in [1.807, 2.05) is 30.3 Å². The van der Waals surface area contributed by atoms with E-state index in [0.29, 0.717) is 5.56 Å². The fourth-order valence-electron chi connectivity index (χ4n) is 2.10.